The average Bonchev–Trinajstić information content (AvgIpc) is 2.99. The number of methoxy groups -OCH3 is 1. The monoisotopic (exact) mass is 370 g/mol. The SMILES string of the molecule is COc1ccc(CN=C(Nc2ccc(F)cc2)n2sc(C)cc2=N)cc1. The highest BCUT2D eigenvalue weighted by Crippen LogP contribution is 2.14. The molecule has 2 N–H and O–H groups in total. The normalized spacial score (nSPS) is 11.4. The van der Waals surface area contributed by atoms with Crippen LogP contribution in [-0.2, 0) is 6.54 Å². The lowest BCUT2D eigenvalue weighted by Crippen LogP contribution is -2.28. The molecule has 0 fully saturated rings. The van der Waals surface area contributed by atoms with E-state index in [-0.39, 0.29) is 5.82 Å². The van der Waals surface area contributed by atoms with E-state index in [2.05, 4.69) is 10.3 Å². The fourth-order valence-corrected chi connectivity index (χ4v) is 3.14. The molecule has 0 bridgehead atoms. The van der Waals surface area contributed by atoms with Gasteiger partial charge in [-0.3, -0.25) is 5.41 Å². The summed E-state index contributed by atoms with van der Waals surface area (Å²) in [5.41, 5.74) is 2.07. The molecule has 0 aliphatic heterocycles. The number of ether oxygens (including phenoxy) is 1. The van der Waals surface area contributed by atoms with E-state index in [1.54, 1.807) is 29.3 Å². The summed E-state index contributed by atoms with van der Waals surface area (Å²) in [4.78, 5) is 5.64. The highest BCUT2D eigenvalue weighted by atomic mass is 32.1. The molecule has 0 amide bonds. The van der Waals surface area contributed by atoms with Crippen molar-refractivity contribution < 1.29 is 9.13 Å². The lowest BCUT2D eigenvalue weighted by Gasteiger charge is -2.11. The first kappa shape index (κ1) is 17.9. The largest absolute Gasteiger partial charge is 0.497 e. The van der Waals surface area contributed by atoms with Gasteiger partial charge in [-0.1, -0.05) is 23.7 Å². The van der Waals surface area contributed by atoms with Crippen molar-refractivity contribution in [3.05, 3.63) is 76.3 Å². The van der Waals surface area contributed by atoms with Crippen LogP contribution in [0.2, 0.25) is 0 Å². The topological polar surface area (TPSA) is 62.4 Å². The number of nitrogens with one attached hydrogen (secondary N) is 2. The maximum Gasteiger partial charge on any atom is 0.218 e. The smallest absolute Gasteiger partial charge is 0.218 e. The van der Waals surface area contributed by atoms with Gasteiger partial charge in [-0.2, -0.15) is 0 Å². The zero-order valence-corrected chi connectivity index (χ0v) is 15.3. The van der Waals surface area contributed by atoms with Crippen LogP contribution in [0.25, 0.3) is 0 Å². The Labute approximate surface area is 155 Å². The van der Waals surface area contributed by atoms with Crippen molar-refractivity contribution in [2.45, 2.75) is 13.5 Å². The summed E-state index contributed by atoms with van der Waals surface area (Å²) in [5.74, 6) is 1.02. The van der Waals surface area contributed by atoms with E-state index in [4.69, 9.17) is 10.1 Å². The fraction of sp³-hybridized carbons (Fsp3) is 0.158. The Bertz CT molecular complexity index is 958. The van der Waals surface area contributed by atoms with Crippen LogP contribution >= 0.6 is 11.5 Å². The van der Waals surface area contributed by atoms with Gasteiger partial charge in [0.15, 0.2) is 0 Å². The van der Waals surface area contributed by atoms with Crippen molar-refractivity contribution in [2.24, 2.45) is 4.99 Å². The molecule has 0 saturated heterocycles. The van der Waals surface area contributed by atoms with E-state index in [1.807, 2.05) is 31.2 Å². The fourth-order valence-electron chi connectivity index (χ4n) is 2.34. The molecule has 3 rings (SSSR count). The molecule has 2 aromatic carbocycles. The number of hydrogen-bond donors (Lipinski definition) is 2. The summed E-state index contributed by atoms with van der Waals surface area (Å²) in [6.07, 6.45) is 0. The van der Waals surface area contributed by atoms with E-state index in [1.165, 1.54) is 23.7 Å². The lowest BCUT2D eigenvalue weighted by molar-refractivity contribution is 0.414. The molecule has 0 saturated carbocycles. The van der Waals surface area contributed by atoms with Crippen LogP contribution in [0.4, 0.5) is 10.1 Å². The first-order valence-corrected chi connectivity index (χ1v) is 8.77. The molecular formula is C19H19FN4OS. The molecule has 1 heterocycles. The number of nitrogens with zero attached hydrogens (tertiary/aromatic N) is 2. The van der Waals surface area contributed by atoms with Crippen LogP contribution in [0.3, 0.4) is 0 Å². The maximum atomic E-state index is 13.1. The third-order valence-corrected chi connectivity index (χ3v) is 4.62. The van der Waals surface area contributed by atoms with E-state index >= 15 is 0 Å². The molecule has 0 aliphatic carbocycles. The molecule has 1 aromatic heterocycles. The van der Waals surface area contributed by atoms with Crippen LogP contribution < -0.4 is 15.5 Å². The predicted octanol–water partition coefficient (Wildman–Crippen LogP) is 4.00. The summed E-state index contributed by atoms with van der Waals surface area (Å²) in [7, 11) is 1.63. The second-order valence-electron chi connectivity index (χ2n) is 5.65. The molecule has 0 aliphatic rings. The third-order valence-electron chi connectivity index (χ3n) is 3.66. The van der Waals surface area contributed by atoms with Crippen LogP contribution in [-0.4, -0.2) is 17.0 Å². The number of aryl methyl sites for hydroxylation is 1. The Kier molecular flexibility index (Phi) is 5.48. The first-order chi connectivity index (χ1) is 12.5. The first-order valence-electron chi connectivity index (χ1n) is 8.00. The van der Waals surface area contributed by atoms with E-state index in [0.29, 0.717) is 23.7 Å². The molecule has 7 heteroatoms. The quantitative estimate of drug-likeness (QED) is 0.539. The Morgan fingerprint density at radius 3 is 2.46 bits per heavy atom. The summed E-state index contributed by atoms with van der Waals surface area (Å²) < 4.78 is 20.0. The minimum atomic E-state index is -0.298. The molecular weight excluding hydrogens is 351 g/mol. The Morgan fingerprint density at radius 1 is 1.19 bits per heavy atom. The van der Waals surface area contributed by atoms with Crippen molar-refractivity contribution in [3.63, 3.8) is 0 Å². The van der Waals surface area contributed by atoms with Crippen LogP contribution in [0, 0.1) is 18.2 Å². The van der Waals surface area contributed by atoms with Gasteiger partial charge >= 0.3 is 0 Å². The van der Waals surface area contributed by atoms with E-state index in [0.717, 1.165) is 16.2 Å². The standard InChI is InChI=1S/C19H19FN4OS/c1-13-11-18(21)24(26-13)19(23-16-7-5-15(20)6-8-16)22-12-14-3-9-17(25-2)10-4-14/h3-11,21H,12H2,1-2H3,(H,22,23). The number of halogens is 1. The molecule has 134 valence electrons. The third kappa shape index (κ3) is 4.37. The van der Waals surface area contributed by atoms with Gasteiger partial charge in [0, 0.05) is 10.6 Å². The summed E-state index contributed by atoms with van der Waals surface area (Å²) in [5, 5.41) is 11.3. The molecule has 3 aromatic rings. The predicted molar refractivity (Wildman–Crippen MR) is 102 cm³/mol. The molecule has 5 nitrogen and oxygen atoms in total. The Morgan fingerprint density at radius 2 is 1.88 bits per heavy atom. The number of aliphatic imine (C=N–C) groups is 1. The number of rotatable bonds is 4. The van der Waals surface area contributed by atoms with E-state index in [9.17, 15) is 4.39 Å². The second-order valence-corrected chi connectivity index (χ2v) is 6.84. The zero-order valence-electron chi connectivity index (χ0n) is 14.5. The number of hydrogen-bond acceptors (Lipinski definition) is 4. The minimum absolute atomic E-state index is 0.298. The second kappa shape index (κ2) is 7.97. The maximum absolute atomic E-state index is 13.1. The lowest BCUT2D eigenvalue weighted by atomic mass is 10.2. The van der Waals surface area contributed by atoms with Crippen molar-refractivity contribution in [1.29, 1.82) is 5.41 Å². The molecule has 0 unspecified atom stereocenters. The van der Waals surface area contributed by atoms with Crippen LogP contribution in [0.15, 0.2) is 59.6 Å². The van der Waals surface area contributed by atoms with E-state index < -0.39 is 0 Å². The van der Waals surface area contributed by atoms with Gasteiger partial charge in [-0.15, -0.1) is 0 Å². The molecule has 26 heavy (non-hydrogen) atoms. The minimum Gasteiger partial charge on any atom is -0.497 e. The molecule has 0 atom stereocenters. The molecule has 0 radical (unpaired) electrons. The van der Waals surface area contributed by atoms with Crippen molar-refractivity contribution in [1.82, 2.24) is 3.96 Å². The highest BCUT2D eigenvalue weighted by Gasteiger charge is 2.08. The van der Waals surface area contributed by atoms with Gasteiger partial charge < -0.3 is 10.1 Å². The van der Waals surface area contributed by atoms with Crippen molar-refractivity contribution in [2.75, 3.05) is 12.4 Å². The van der Waals surface area contributed by atoms with Crippen molar-refractivity contribution >= 4 is 23.2 Å². The number of anilines is 1. The van der Waals surface area contributed by atoms with Crippen molar-refractivity contribution in [3.8, 4) is 5.75 Å². The zero-order chi connectivity index (χ0) is 18.5. The van der Waals surface area contributed by atoms with Gasteiger partial charge in [0.25, 0.3) is 0 Å². The van der Waals surface area contributed by atoms with Gasteiger partial charge in [-0.05, 0) is 55.0 Å². The number of benzene rings is 2. The van der Waals surface area contributed by atoms with Crippen LogP contribution in [0.5, 0.6) is 5.75 Å². The van der Waals surface area contributed by atoms with Gasteiger partial charge in [0.05, 0.1) is 13.7 Å². The average molecular weight is 370 g/mol. The van der Waals surface area contributed by atoms with Gasteiger partial charge in [0.1, 0.15) is 17.1 Å². The van der Waals surface area contributed by atoms with Gasteiger partial charge in [-0.25, -0.2) is 13.3 Å². The highest BCUT2D eigenvalue weighted by molar-refractivity contribution is 7.07. The summed E-state index contributed by atoms with van der Waals surface area (Å²) in [6, 6.07) is 15.5. The summed E-state index contributed by atoms with van der Waals surface area (Å²) >= 11 is 1.43. The Balaban J connectivity index is 1.89. The van der Waals surface area contributed by atoms with Crippen LogP contribution in [0.1, 0.15) is 10.4 Å². The van der Waals surface area contributed by atoms with Gasteiger partial charge in [0.2, 0.25) is 5.96 Å². The number of aromatic nitrogens is 1. The Hall–Kier alpha value is -2.93. The molecule has 0 spiro atoms. The summed E-state index contributed by atoms with van der Waals surface area (Å²) in [6.45, 7) is 2.38.